The molecule has 1 aliphatic rings. The summed E-state index contributed by atoms with van der Waals surface area (Å²) >= 11 is 0. The molecule has 38 heavy (non-hydrogen) atoms. The van der Waals surface area contributed by atoms with Crippen LogP contribution >= 0.6 is 0 Å². The molecule has 1 rings (SSSR count). The normalized spacial score (nSPS) is 15.7. The Bertz CT molecular complexity index is 485. The van der Waals surface area contributed by atoms with E-state index in [1.54, 1.807) is 0 Å². The second kappa shape index (κ2) is 28.4. The van der Waals surface area contributed by atoms with Crippen molar-refractivity contribution >= 4 is 6.29 Å². The van der Waals surface area contributed by atoms with Crippen molar-refractivity contribution in [1.82, 2.24) is 0 Å². The topological polar surface area (TPSA) is 35.5 Å². The predicted octanol–water partition coefficient (Wildman–Crippen LogP) is 6.04. The van der Waals surface area contributed by atoms with Gasteiger partial charge in [0.1, 0.15) is 25.4 Å². The van der Waals surface area contributed by atoms with E-state index in [2.05, 4.69) is 14.0 Å². The maximum atomic E-state index is 10.4. The van der Waals surface area contributed by atoms with E-state index >= 15 is 0 Å². The highest BCUT2D eigenvalue weighted by Gasteiger charge is 2.34. The molecule has 0 aliphatic carbocycles. The van der Waals surface area contributed by atoms with E-state index < -0.39 is 0 Å². The molecular weight excluding hydrogens is 494 g/mol. The van der Waals surface area contributed by atoms with Crippen molar-refractivity contribution in [3.8, 4) is 0 Å². The van der Waals surface area contributed by atoms with E-state index in [9.17, 15) is 4.79 Å². The Kier molecular flexibility index (Phi) is 28.3. The molecule has 0 bridgehead atoms. The van der Waals surface area contributed by atoms with Crippen LogP contribution in [0.4, 0.5) is 0 Å². The summed E-state index contributed by atoms with van der Waals surface area (Å²) in [7, 11) is 2.44. The Balaban J connectivity index is 0.0000137. The fourth-order valence-electron chi connectivity index (χ4n) is 5.81. The molecular formula is C33H66ClNO3. The molecule has 0 saturated carbocycles. The summed E-state index contributed by atoms with van der Waals surface area (Å²) in [6.45, 7) is 8.24. The van der Waals surface area contributed by atoms with Gasteiger partial charge in [0.05, 0.1) is 26.9 Å². The first-order valence-corrected chi connectivity index (χ1v) is 16.7. The average molecular weight is 560 g/mol. The van der Waals surface area contributed by atoms with Gasteiger partial charge in [-0.1, -0.05) is 122 Å². The van der Waals surface area contributed by atoms with Gasteiger partial charge in [-0.05, 0) is 19.3 Å². The van der Waals surface area contributed by atoms with Gasteiger partial charge in [0.15, 0.2) is 0 Å². The van der Waals surface area contributed by atoms with Gasteiger partial charge in [0, 0.05) is 19.4 Å². The van der Waals surface area contributed by atoms with Gasteiger partial charge in [0.25, 0.3) is 0 Å². The van der Waals surface area contributed by atoms with Crippen molar-refractivity contribution in [1.29, 1.82) is 0 Å². The summed E-state index contributed by atoms with van der Waals surface area (Å²) in [5.41, 5.74) is 0. The minimum absolute atomic E-state index is 0. The number of rotatable bonds is 28. The zero-order chi connectivity index (χ0) is 26.7. The molecule has 1 saturated heterocycles. The van der Waals surface area contributed by atoms with Crippen molar-refractivity contribution in [2.75, 3.05) is 46.6 Å². The van der Waals surface area contributed by atoms with E-state index in [1.165, 1.54) is 135 Å². The third-order valence-corrected chi connectivity index (χ3v) is 8.69. The first-order chi connectivity index (χ1) is 18.2. The lowest BCUT2D eigenvalue weighted by atomic mass is 10.0. The van der Waals surface area contributed by atoms with Gasteiger partial charge in [-0.25, -0.2) is 0 Å². The predicted molar refractivity (Wildman–Crippen MR) is 159 cm³/mol. The zero-order valence-corrected chi connectivity index (χ0v) is 26.5. The average Bonchev–Trinajstić information content (AvgIpc) is 2.91. The summed E-state index contributed by atoms with van der Waals surface area (Å²) < 4.78 is 13.1. The van der Waals surface area contributed by atoms with E-state index in [1.807, 2.05) is 0 Å². The van der Waals surface area contributed by atoms with Crippen LogP contribution in [0.3, 0.4) is 0 Å². The summed E-state index contributed by atoms with van der Waals surface area (Å²) in [5.74, 6) is 0. The highest BCUT2D eigenvalue weighted by atomic mass is 35.5. The smallest absolute Gasteiger partial charge is 0.119 e. The maximum absolute atomic E-state index is 10.4. The van der Waals surface area contributed by atoms with Crippen LogP contribution in [-0.2, 0) is 14.3 Å². The number of hydrogen-bond donors (Lipinski definition) is 0. The quantitative estimate of drug-likeness (QED) is 0.0665. The van der Waals surface area contributed by atoms with Gasteiger partial charge in [-0.2, -0.15) is 0 Å². The molecule has 0 aromatic carbocycles. The molecule has 0 amide bonds. The number of halogens is 1. The van der Waals surface area contributed by atoms with Crippen molar-refractivity contribution < 1.29 is 31.2 Å². The van der Waals surface area contributed by atoms with Gasteiger partial charge < -0.3 is 31.2 Å². The molecule has 0 spiro atoms. The van der Waals surface area contributed by atoms with E-state index in [0.29, 0.717) is 6.04 Å². The number of carbonyl (C=O) groups is 1. The molecule has 1 unspecified atom stereocenters. The maximum Gasteiger partial charge on any atom is 0.119 e. The number of quaternary nitrogens is 1. The van der Waals surface area contributed by atoms with E-state index in [-0.39, 0.29) is 12.4 Å². The molecule has 0 N–H and O–H groups in total. The molecule has 1 aliphatic heterocycles. The molecule has 4 nitrogen and oxygen atoms in total. The van der Waals surface area contributed by atoms with Gasteiger partial charge in [0.2, 0.25) is 0 Å². The molecule has 5 heteroatoms. The Labute approximate surface area is 244 Å². The van der Waals surface area contributed by atoms with Gasteiger partial charge in [-0.15, -0.1) is 0 Å². The van der Waals surface area contributed by atoms with Crippen LogP contribution in [0, 0.1) is 0 Å². The van der Waals surface area contributed by atoms with Gasteiger partial charge in [-0.3, -0.25) is 0 Å². The minimum atomic E-state index is 0. The second-order valence-electron chi connectivity index (χ2n) is 12.1. The fraction of sp³-hybridized carbons (Fsp3) is 0.970. The number of unbranched alkanes of at least 4 members (excludes halogenated alkanes) is 20. The van der Waals surface area contributed by atoms with Crippen molar-refractivity contribution in [3.05, 3.63) is 0 Å². The third-order valence-electron chi connectivity index (χ3n) is 8.69. The van der Waals surface area contributed by atoms with Crippen LogP contribution < -0.4 is 12.4 Å². The summed E-state index contributed by atoms with van der Waals surface area (Å²) in [6, 6.07) is 0.624. The SMILES string of the molecule is CCCCCCCCCCCCCCOCC(CCCCCCCCCCCC=O)[N+]1(C)CCOCC1.[Cl-]. The Morgan fingerprint density at radius 1 is 0.684 bits per heavy atom. The Morgan fingerprint density at radius 3 is 1.63 bits per heavy atom. The second-order valence-corrected chi connectivity index (χ2v) is 12.1. The molecule has 1 fully saturated rings. The van der Waals surface area contributed by atoms with Crippen LogP contribution in [0.25, 0.3) is 0 Å². The number of likely N-dealkylation sites (N-methyl/N-ethyl adjacent to an activating group) is 1. The van der Waals surface area contributed by atoms with Crippen LogP contribution in [0.2, 0.25) is 0 Å². The Hall–Kier alpha value is -0.160. The molecule has 0 aromatic rings. The number of nitrogens with zero attached hydrogens (tertiary/aromatic N) is 1. The van der Waals surface area contributed by atoms with Crippen LogP contribution in [0.15, 0.2) is 0 Å². The molecule has 228 valence electrons. The minimum Gasteiger partial charge on any atom is -1.00 e. The number of hydrogen-bond acceptors (Lipinski definition) is 3. The number of aldehydes is 1. The highest BCUT2D eigenvalue weighted by Crippen LogP contribution is 2.21. The molecule has 0 aromatic heterocycles. The van der Waals surface area contributed by atoms with Crippen molar-refractivity contribution in [2.45, 2.75) is 161 Å². The highest BCUT2D eigenvalue weighted by molar-refractivity contribution is 5.48. The molecule has 1 atom stereocenters. The third kappa shape index (κ3) is 21.6. The van der Waals surface area contributed by atoms with Crippen molar-refractivity contribution in [3.63, 3.8) is 0 Å². The Morgan fingerprint density at radius 2 is 1.13 bits per heavy atom. The van der Waals surface area contributed by atoms with Crippen LogP contribution in [0.1, 0.15) is 155 Å². The van der Waals surface area contributed by atoms with E-state index in [4.69, 9.17) is 9.47 Å². The first kappa shape index (κ1) is 37.8. The molecule has 1 heterocycles. The number of morpholine rings is 1. The summed E-state index contributed by atoms with van der Waals surface area (Å²) in [5, 5.41) is 0. The first-order valence-electron chi connectivity index (χ1n) is 16.7. The number of carbonyl (C=O) groups excluding carboxylic acids is 1. The lowest BCUT2D eigenvalue weighted by Gasteiger charge is -2.44. The summed E-state index contributed by atoms with van der Waals surface area (Å²) in [6.07, 6.45) is 31.6. The molecule has 0 radical (unpaired) electrons. The number of ether oxygens (including phenoxy) is 2. The van der Waals surface area contributed by atoms with Gasteiger partial charge >= 0.3 is 0 Å². The van der Waals surface area contributed by atoms with Crippen LogP contribution in [0.5, 0.6) is 0 Å². The van der Waals surface area contributed by atoms with E-state index in [0.717, 1.165) is 63.1 Å². The summed E-state index contributed by atoms with van der Waals surface area (Å²) in [4.78, 5) is 10.4. The zero-order valence-electron chi connectivity index (χ0n) is 25.7. The largest absolute Gasteiger partial charge is 1.00 e. The monoisotopic (exact) mass is 559 g/mol. The lowest BCUT2D eigenvalue weighted by Crippen LogP contribution is -3.00. The van der Waals surface area contributed by atoms with Crippen molar-refractivity contribution in [2.24, 2.45) is 0 Å². The lowest BCUT2D eigenvalue weighted by molar-refractivity contribution is -0.941. The standard InChI is InChI=1S/C33H66NO3.ClH/c1-3-4-5-6-7-8-9-12-15-18-21-24-29-37-32-33(34(2)26-30-36-31-27-34)25-22-19-16-13-10-11-14-17-20-23-28-35;/h28,33H,3-27,29-32H2,1-2H3;1H/q+1;/p-1. The van der Waals surface area contributed by atoms with Crippen LogP contribution in [-0.4, -0.2) is 63.4 Å². The fourth-order valence-corrected chi connectivity index (χ4v) is 5.81.